The average molecular weight is 970 g/mol. The van der Waals surface area contributed by atoms with Crippen molar-refractivity contribution in [2.45, 2.75) is 100 Å². The Kier molecular flexibility index (Phi) is 21.7. The van der Waals surface area contributed by atoms with Crippen LogP contribution >= 0.6 is 0 Å². The number of phenols is 2. The predicted molar refractivity (Wildman–Crippen MR) is 265 cm³/mol. The summed E-state index contributed by atoms with van der Waals surface area (Å²) in [6.07, 6.45) is 3.32. The molecule has 4 aromatic rings. The van der Waals surface area contributed by atoms with Crippen LogP contribution in [-0.2, 0) is 48.0 Å². The van der Waals surface area contributed by atoms with E-state index in [1.54, 1.807) is 30.5 Å². The first-order valence-corrected chi connectivity index (χ1v) is 22.9. The molecule has 0 aliphatic rings. The number of nitrogens with zero attached hydrogens (tertiary/aromatic N) is 2. The molecule has 0 fully saturated rings. The summed E-state index contributed by atoms with van der Waals surface area (Å²) in [7, 11) is 0. The number of nitrogens with one attached hydrogen (secondary N) is 6. The van der Waals surface area contributed by atoms with Crippen LogP contribution in [0.15, 0.2) is 89.0 Å². The van der Waals surface area contributed by atoms with E-state index < -0.39 is 71.7 Å². The number of guanidine groups is 2. The third-order valence-electron chi connectivity index (χ3n) is 11.2. The van der Waals surface area contributed by atoms with E-state index in [1.807, 2.05) is 24.3 Å². The second-order valence-electron chi connectivity index (χ2n) is 16.8. The van der Waals surface area contributed by atoms with Gasteiger partial charge in [-0.05, 0) is 98.5 Å². The van der Waals surface area contributed by atoms with Gasteiger partial charge in [0.2, 0.25) is 35.4 Å². The molecule has 0 saturated heterocycles. The van der Waals surface area contributed by atoms with Gasteiger partial charge < -0.3 is 81.9 Å². The van der Waals surface area contributed by atoms with Crippen molar-refractivity contribution in [3.8, 4) is 11.5 Å². The molecule has 1 aromatic heterocycles. The minimum atomic E-state index is -1.41. The van der Waals surface area contributed by atoms with Gasteiger partial charge in [-0.25, -0.2) is 0 Å². The van der Waals surface area contributed by atoms with Crippen LogP contribution in [0.1, 0.15) is 61.6 Å². The lowest BCUT2D eigenvalue weighted by molar-refractivity contribution is -0.135. The van der Waals surface area contributed by atoms with E-state index in [9.17, 15) is 39.0 Å². The topological polar surface area (TPSA) is 426 Å². The first-order chi connectivity index (χ1) is 33.4. The molecule has 0 bridgehead atoms. The number of hydrogen-bond donors (Lipinski definition) is 15. The molecule has 4 rings (SSSR count). The minimum Gasteiger partial charge on any atom is -0.508 e. The number of para-hydroxylation sites is 1. The first-order valence-electron chi connectivity index (χ1n) is 22.9. The van der Waals surface area contributed by atoms with Crippen molar-refractivity contribution < 1.29 is 39.0 Å². The number of nitrogens with two attached hydrogens (primary N) is 7. The van der Waals surface area contributed by atoms with E-state index in [-0.39, 0.29) is 81.5 Å². The molecule has 378 valence electrons. The number of aromatic hydroxyl groups is 2. The van der Waals surface area contributed by atoms with Gasteiger partial charge in [-0.2, -0.15) is 0 Å². The Labute approximate surface area is 405 Å². The number of carbonyl (C=O) groups excluding carboxylic acids is 6. The Balaban J connectivity index is 1.67. The monoisotopic (exact) mass is 970 g/mol. The van der Waals surface area contributed by atoms with Crippen molar-refractivity contribution >= 4 is 58.3 Å². The summed E-state index contributed by atoms with van der Waals surface area (Å²) in [5.74, 6) is -5.00. The Hall–Kier alpha value is -7.92. The standard InChI is InChI=1S/C47H67N15O8/c48-20-4-3-10-35(40(50)65)58-45(70)39(25-29-26-57-34-9-2-1-7-32(29)34)62-42(67)36(11-6-22-56-47(53)54)59-43(68)38(24-28-14-18-31(64)19-15-28)61-44(69)37(23-27-12-16-30(63)17-13-27)60-41(66)33(49)8-5-21-55-46(51)52/h1-2,7,9,12-19,26,33,35-39,57,63-64H,3-6,8,10-11,20-25,48-49H2,(H2,50,65)(H,58,70)(H,59,68)(H,60,66)(H,61,69)(H,62,67)(H4,51,52,55)(H4,53,54,56)/t33-,35-,36-,37-,38-,39-/m0/s1. The van der Waals surface area contributed by atoms with Crippen molar-refractivity contribution in [1.82, 2.24) is 31.6 Å². The summed E-state index contributed by atoms with van der Waals surface area (Å²) in [4.78, 5) is 94.6. The van der Waals surface area contributed by atoms with Gasteiger partial charge in [0, 0.05) is 49.5 Å². The Bertz CT molecular complexity index is 2420. The molecular weight excluding hydrogens is 903 g/mol. The van der Waals surface area contributed by atoms with E-state index >= 15 is 0 Å². The van der Waals surface area contributed by atoms with Crippen molar-refractivity contribution in [1.29, 1.82) is 0 Å². The Morgan fingerprint density at radius 3 is 1.49 bits per heavy atom. The second kappa shape index (κ2) is 27.8. The fourth-order valence-corrected chi connectivity index (χ4v) is 7.45. The lowest BCUT2D eigenvalue weighted by atomic mass is 10.0. The number of primary amides is 1. The summed E-state index contributed by atoms with van der Waals surface area (Å²) < 4.78 is 0. The normalized spacial score (nSPS) is 13.6. The average Bonchev–Trinajstić information content (AvgIpc) is 3.73. The van der Waals surface area contributed by atoms with Crippen LogP contribution in [0.3, 0.4) is 0 Å². The van der Waals surface area contributed by atoms with Gasteiger partial charge in [0.05, 0.1) is 6.04 Å². The third-order valence-corrected chi connectivity index (χ3v) is 11.2. The number of aromatic nitrogens is 1. The highest BCUT2D eigenvalue weighted by Crippen LogP contribution is 2.20. The molecular formula is C47H67N15O8. The summed E-state index contributed by atoms with van der Waals surface area (Å²) in [6.45, 7) is 0.641. The number of aromatic amines is 1. The fraction of sp³-hybridized carbons (Fsp3) is 0.404. The summed E-state index contributed by atoms with van der Waals surface area (Å²) in [6, 6.07) is 11.7. The number of carbonyl (C=O) groups is 6. The predicted octanol–water partition coefficient (Wildman–Crippen LogP) is -1.92. The maximum atomic E-state index is 14.6. The van der Waals surface area contributed by atoms with Crippen LogP contribution in [0.5, 0.6) is 11.5 Å². The highest BCUT2D eigenvalue weighted by atomic mass is 16.3. The maximum absolute atomic E-state index is 14.6. The van der Waals surface area contributed by atoms with Crippen LogP contribution in [-0.4, -0.2) is 118 Å². The number of rotatable bonds is 29. The van der Waals surface area contributed by atoms with Crippen LogP contribution in [0.2, 0.25) is 0 Å². The second-order valence-corrected chi connectivity index (χ2v) is 16.8. The molecule has 23 nitrogen and oxygen atoms in total. The lowest BCUT2D eigenvalue weighted by Crippen LogP contribution is -2.60. The van der Waals surface area contributed by atoms with E-state index in [4.69, 9.17) is 40.1 Å². The van der Waals surface area contributed by atoms with Gasteiger partial charge in [-0.3, -0.25) is 38.8 Å². The van der Waals surface area contributed by atoms with E-state index in [0.29, 0.717) is 42.5 Å². The van der Waals surface area contributed by atoms with Crippen molar-refractivity contribution in [2.24, 2.45) is 50.1 Å². The molecule has 0 aliphatic heterocycles. The maximum Gasteiger partial charge on any atom is 0.243 e. The quantitative estimate of drug-likeness (QED) is 0.0160. The van der Waals surface area contributed by atoms with E-state index in [2.05, 4.69) is 41.6 Å². The lowest BCUT2D eigenvalue weighted by Gasteiger charge is -2.27. The SMILES string of the molecule is NCCCC[C@H](NC(=O)[C@H](Cc1c[nH]c2ccccc12)NC(=O)[C@H](CCCN=C(N)N)NC(=O)[C@H](Cc1ccc(O)cc1)NC(=O)[C@H](Cc1ccc(O)cc1)NC(=O)[C@@H](N)CCCN=C(N)N)C(N)=O. The third kappa shape index (κ3) is 18.3. The van der Waals surface area contributed by atoms with Crippen molar-refractivity contribution in [2.75, 3.05) is 19.6 Å². The zero-order chi connectivity index (χ0) is 51.2. The number of hydrogen-bond acceptors (Lipinski definition) is 12. The minimum absolute atomic E-state index is 0.0304. The smallest absolute Gasteiger partial charge is 0.243 e. The highest BCUT2D eigenvalue weighted by molar-refractivity contribution is 5.97. The molecule has 6 atom stereocenters. The number of unbranched alkanes of at least 4 members (excludes halogenated alkanes) is 1. The molecule has 0 spiro atoms. The number of aliphatic imine (C=N–C) groups is 2. The first kappa shape index (κ1) is 54.7. The number of amides is 6. The van der Waals surface area contributed by atoms with Crippen molar-refractivity contribution in [3.05, 3.63) is 95.7 Å². The van der Waals surface area contributed by atoms with E-state index in [0.717, 1.165) is 10.9 Å². The summed E-state index contributed by atoms with van der Waals surface area (Å²) in [5.41, 5.74) is 42.0. The van der Waals surface area contributed by atoms with Crippen LogP contribution < -0.4 is 66.7 Å². The van der Waals surface area contributed by atoms with E-state index in [1.165, 1.54) is 24.3 Å². The molecule has 0 aliphatic carbocycles. The molecule has 6 amide bonds. The Morgan fingerprint density at radius 2 is 0.971 bits per heavy atom. The van der Waals surface area contributed by atoms with Crippen LogP contribution in [0.25, 0.3) is 10.9 Å². The zero-order valence-corrected chi connectivity index (χ0v) is 38.9. The fourth-order valence-electron chi connectivity index (χ4n) is 7.45. The van der Waals surface area contributed by atoms with Gasteiger partial charge in [0.25, 0.3) is 0 Å². The molecule has 0 saturated carbocycles. The number of H-pyrrole nitrogens is 1. The van der Waals surface area contributed by atoms with Crippen LogP contribution in [0, 0.1) is 0 Å². The van der Waals surface area contributed by atoms with Gasteiger partial charge >= 0.3 is 0 Å². The zero-order valence-electron chi connectivity index (χ0n) is 38.9. The van der Waals surface area contributed by atoms with Crippen molar-refractivity contribution in [3.63, 3.8) is 0 Å². The molecule has 23 heteroatoms. The number of benzene rings is 3. The van der Waals surface area contributed by atoms with Gasteiger partial charge in [0.15, 0.2) is 11.9 Å². The molecule has 1 heterocycles. The van der Waals surface area contributed by atoms with Gasteiger partial charge in [0.1, 0.15) is 41.7 Å². The number of fused-ring (bicyclic) bond motifs is 1. The summed E-state index contributed by atoms with van der Waals surface area (Å²) in [5, 5.41) is 34.3. The molecule has 0 unspecified atom stereocenters. The molecule has 3 aromatic carbocycles. The molecule has 70 heavy (non-hydrogen) atoms. The largest absolute Gasteiger partial charge is 0.508 e. The van der Waals surface area contributed by atoms with Gasteiger partial charge in [-0.15, -0.1) is 0 Å². The summed E-state index contributed by atoms with van der Waals surface area (Å²) >= 11 is 0. The van der Waals surface area contributed by atoms with Crippen LogP contribution in [0.4, 0.5) is 0 Å². The molecule has 0 radical (unpaired) electrons. The molecule has 22 N–H and O–H groups in total. The highest BCUT2D eigenvalue weighted by Gasteiger charge is 2.33. The number of phenolic OH excluding ortho intramolecular Hbond substituents is 2. The Morgan fingerprint density at radius 1 is 0.529 bits per heavy atom. The van der Waals surface area contributed by atoms with Gasteiger partial charge in [-0.1, -0.05) is 42.5 Å².